The van der Waals surface area contributed by atoms with Crippen LogP contribution >= 0.6 is 35.0 Å². The van der Waals surface area contributed by atoms with Crippen molar-refractivity contribution in [3.8, 4) is 0 Å². The minimum Gasteiger partial charge on any atom is -0.342 e. The molecule has 1 atom stereocenters. The fourth-order valence-corrected chi connectivity index (χ4v) is 4.76. The third-order valence-corrected chi connectivity index (χ3v) is 7.08. The van der Waals surface area contributed by atoms with Crippen LogP contribution in [0.1, 0.15) is 48.1 Å². The van der Waals surface area contributed by atoms with Gasteiger partial charge in [-0.15, -0.1) is 16.8 Å². The average molecular weight is 547 g/mol. The van der Waals surface area contributed by atoms with Gasteiger partial charge in [-0.1, -0.05) is 73.1 Å². The van der Waals surface area contributed by atoms with Gasteiger partial charge in [-0.2, -0.15) is 0 Å². The first-order chi connectivity index (χ1) is 17.2. The average Bonchev–Trinajstić information content (AvgIpc) is 3.23. The van der Waals surface area contributed by atoms with Gasteiger partial charge in [0.1, 0.15) is 0 Å². The molecule has 0 fully saturated rings. The normalized spacial score (nSPS) is 11.8. The van der Waals surface area contributed by atoms with Crippen molar-refractivity contribution in [2.75, 3.05) is 11.1 Å². The molecule has 2 N–H and O–H groups in total. The molecule has 2 amide bonds. The van der Waals surface area contributed by atoms with Gasteiger partial charge in [0.05, 0.1) is 22.4 Å². The maximum Gasteiger partial charge on any atom is 0.253 e. The number of amides is 2. The highest BCUT2D eigenvalue weighted by atomic mass is 35.5. The molecular formula is C26H29Cl2N5O2S. The summed E-state index contributed by atoms with van der Waals surface area (Å²) in [5.74, 6) is 0.522. The summed E-state index contributed by atoms with van der Waals surface area (Å²) < 4.78 is 1.87. The topological polar surface area (TPSA) is 88.9 Å². The minimum atomic E-state index is -0.404. The van der Waals surface area contributed by atoms with Gasteiger partial charge in [0.2, 0.25) is 5.91 Å². The molecule has 0 spiro atoms. The number of rotatable bonds is 11. The van der Waals surface area contributed by atoms with E-state index in [1.807, 2.05) is 11.5 Å². The number of nitrogens with one attached hydrogen (secondary N) is 2. The highest BCUT2D eigenvalue weighted by molar-refractivity contribution is 7.99. The predicted molar refractivity (Wildman–Crippen MR) is 147 cm³/mol. The van der Waals surface area contributed by atoms with Crippen LogP contribution < -0.4 is 10.6 Å². The van der Waals surface area contributed by atoms with E-state index in [-0.39, 0.29) is 23.5 Å². The molecule has 0 aliphatic carbocycles. The molecular weight excluding hydrogens is 517 g/mol. The Morgan fingerprint density at radius 2 is 1.83 bits per heavy atom. The lowest BCUT2D eigenvalue weighted by molar-refractivity contribution is -0.113. The van der Waals surface area contributed by atoms with Gasteiger partial charge in [-0.25, -0.2) is 0 Å². The molecule has 3 rings (SSSR count). The first kappa shape index (κ1) is 27.8. The number of carbonyl (C=O) groups is 2. The van der Waals surface area contributed by atoms with E-state index in [0.717, 1.165) is 5.56 Å². The SMILES string of the molecule is C=CCn1c(SCC(=O)Nc2cccc(Cl)c2C)nnc1[C@H](CC(C)C)NC(=O)c1ccccc1Cl. The van der Waals surface area contributed by atoms with Gasteiger partial charge in [0.25, 0.3) is 5.91 Å². The van der Waals surface area contributed by atoms with Crippen LogP contribution in [0.5, 0.6) is 0 Å². The van der Waals surface area contributed by atoms with E-state index in [2.05, 4.69) is 41.3 Å². The van der Waals surface area contributed by atoms with Crippen molar-refractivity contribution in [2.45, 2.75) is 44.9 Å². The summed E-state index contributed by atoms with van der Waals surface area (Å²) in [6.45, 7) is 10.3. The van der Waals surface area contributed by atoms with Crippen LogP contribution in [-0.2, 0) is 11.3 Å². The Labute approximate surface area is 225 Å². The molecule has 0 bridgehead atoms. The Balaban J connectivity index is 1.79. The first-order valence-electron chi connectivity index (χ1n) is 11.5. The monoisotopic (exact) mass is 545 g/mol. The van der Waals surface area contributed by atoms with E-state index in [9.17, 15) is 9.59 Å². The van der Waals surface area contributed by atoms with Gasteiger partial charge >= 0.3 is 0 Å². The zero-order valence-corrected chi connectivity index (χ0v) is 22.8. The molecule has 7 nitrogen and oxygen atoms in total. The summed E-state index contributed by atoms with van der Waals surface area (Å²) >= 11 is 13.6. The van der Waals surface area contributed by atoms with Crippen molar-refractivity contribution in [1.29, 1.82) is 0 Å². The molecule has 0 saturated heterocycles. The van der Waals surface area contributed by atoms with Crippen molar-refractivity contribution in [3.05, 3.63) is 82.1 Å². The van der Waals surface area contributed by atoms with Crippen molar-refractivity contribution in [1.82, 2.24) is 20.1 Å². The number of hydrogen-bond donors (Lipinski definition) is 2. The van der Waals surface area contributed by atoms with Crippen LogP contribution in [0.4, 0.5) is 5.69 Å². The van der Waals surface area contributed by atoms with E-state index in [1.165, 1.54) is 11.8 Å². The van der Waals surface area contributed by atoms with Crippen LogP contribution in [0.15, 0.2) is 60.3 Å². The molecule has 0 saturated carbocycles. The van der Waals surface area contributed by atoms with Crippen LogP contribution in [0.25, 0.3) is 0 Å². The summed E-state index contributed by atoms with van der Waals surface area (Å²) in [4.78, 5) is 25.6. The van der Waals surface area contributed by atoms with Gasteiger partial charge in [0, 0.05) is 17.3 Å². The lowest BCUT2D eigenvalue weighted by Crippen LogP contribution is -2.32. The van der Waals surface area contributed by atoms with Gasteiger partial charge in [0.15, 0.2) is 11.0 Å². The number of hydrogen-bond acceptors (Lipinski definition) is 5. The Bertz CT molecular complexity index is 1240. The van der Waals surface area contributed by atoms with Crippen LogP contribution in [0.3, 0.4) is 0 Å². The standard InChI is InChI=1S/C26H29Cl2N5O2S/c1-5-13-33-24(22(14-16(2)3)30-25(35)18-9-6-7-10-20(18)28)31-32-26(33)36-15-23(34)29-21-12-8-11-19(27)17(21)4/h5-12,16,22H,1,13-15H2,2-4H3,(H,29,34)(H,30,35)/t22-/m0/s1. The number of nitrogens with zero attached hydrogens (tertiary/aromatic N) is 3. The third-order valence-electron chi connectivity index (χ3n) is 5.37. The molecule has 1 aromatic heterocycles. The zero-order chi connectivity index (χ0) is 26.2. The second-order valence-electron chi connectivity index (χ2n) is 8.62. The van der Waals surface area contributed by atoms with E-state index < -0.39 is 6.04 Å². The van der Waals surface area contributed by atoms with Crippen molar-refractivity contribution >= 4 is 52.5 Å². The minimum absolute atomic E-state index is 0.127. The van der Waals surface area contributed by atoms with E-state index in [1.54, 1.807) is 48.5 Å². The van der Waals surface area contributed by atoms with Crippen LogP contribution in [0, 0.1) is 12.8 Å². The Morgan fingerprint density at radius 3 is 2.53 bits per heavy atom. The molecule has 190 valence electrons. The Kier molecular flexibility index (Phi) is 9.98. The molecule has 0 unspecified atom stereocenters. The number of anilines is 1. The Morgan fingerprint density at radius 1 is 1.11 bits per heavy atom. The molecule has 0 radical (unpaired) electrons. The number of allylic oxidation sites excluding steroid dienone is 1. The third kappa shape index (κ3) is 7.12. The maximum atomic E-state index is 13.0. The molecule has 36 heavy (non-hydrogen) atoms. The highest BCUT2D eigenvalue weighted by Gasteiger charge is 2.25. The van der Waals surface area contributed by atoms with Gasteiger partial charge in [-0.3, -0.25) is 9.59 Å². The molecule has 2 aromatic carbocycles. The summed E-state index contributed by atoms with van der Waals surface area (Å²) in [6.07, 6.45) is 2.37. The van der Waals surface area contributed by atoms with Crippen molar-refractivity contribution in [3.63, 3.8) is 0 Å². The van der Waals surface area contributed by atoms with Crippen LogP contribution in [-0.4, -0.2) is 32.3 Å². The van der Waals surface area contributed by atoms with Crippen molar-refractivity contribution in [2.24, 2.45) is 5.92 Å². The number of halogens is 2. The smallest absolute Gasteiger partial charge is 0.253 e. The van der Waals surface area contributed by atoms with Gasteiger partial charge < -0.3 is 15.2 Å². The highest BCUT2D eigenvalue weighted by Crippen LogP contribution is 2.27. The van der Waals surface area contributed by atoms with Crippen LogP contribution in [0.2, 0.25) is 10.0 Å². The number of benzene rings is 2. The number of aromatic nitrogens is 3. The molecule has 3 aromatic rings. The second kappa shape index (κ2) is 12.9. The number of carbonyl (C=O) groups excluding carboxylic acids is 2. The second-order valence-corrected chi connectivity index (χ2v) is 10.4. The molecule has 0 aliphatic heterocycles. The predicted octanol–water partition coefficient (Wildman–Crippen LogP) is 6.33. The molecule has 0 aliphatic rings. The fourth-order valence-electron chi connectivity index (χ4n) is 3.61. The lowest BCUT2D eigenvalue weighted by Gasteiger charge is -2.21. The maximum absolute atomic E-state index is 13.0. The Hall–Kier alpha value is -2.81. The molecule has 10 heteroatoms. The number of thioether (sulfide) groups is 1. The summed E-state index contributed by atoms with van der Waals surface area (Å²) in [5.41, 5.74) is 1.87. The van der Waals surface area contributed by atoms with E-state index in [0.29, 0.717) is 45.2 Å². The van der Waals surface area contributed by atoms with Crippen molar-refractivity contribution < 1.29 is 9.59 Å². The zero-order valence-electron chi connectivity index (χ0n) is 20.4. The first-order valence-corrected chi connectivity index (χ1v) is 13.2. The lowest BCUT2D eigenvalue weighted by atomic mass is 10.0. The summed E-state index contributed by atoms with van der Waals surface area (Å²) in [6, 6.07) is 11.9. The van der Waals surface area contributed by atoms with Gasteiger partial charge in [-0.05, 0) is 49.1 Å². The quantitative estimate of drug-likeness (QED) is 0.217. The largest absolute Gasteiger partial charge is 0.342 e. The molecule has 1 heterocycles. The fraction of sp³-hybridized carbons (Fsp3) is 0.308. The van der Waals surface area contributed by atoms with E-state index in [4.69, 9.17) is 23.2 Å². The summed E-state index contributed by atoms with van der Waals surface area (Å²) in [5, 5.41) is 16.2. The summed E-state index contributed by atoms with van der Waals surface area (Å²) in [7, 11) is 0. The van der Waals surface area contributed by atoms with E-state index >= 15 is 0 Å².